The Morgan fingerprint density at radius 1 is 1.28 bits per heavy atom. The van der Waals surface area contributed by atoms with Gasteiger partial charge in [0.25, 0.3) is 5.89 Å². The highest BCUT2D eigenvalue weighted by molar-refractivity contribution is 6.32. The monoisotopic (exact) mass is 454 g/mol. The van der Waals surface area contributed by atoms with Crippen molar-refractivity contribution in [2.24, 2.45) is 0 Å². The number of nitrogens with zero attached hydrogens (tertiary/aromatic N) is 3. The second-order valence-electron chi connectivity index (χ2n) is 7.44. The summed E-state index contributed by atoms with van der Waals surface area (Å²) < 4.78 is 16.1. The molecule has 4 rings (SSSR count). The van der Waals surface area contributed by atoms with E-state index in [2.05, 4.69) is 20.1 Å². The number of pyridine rings is 1. The van der Waals surface area contributed by atoms with Crippen molar-refractivity contribution in [1.82, 2.24) is 20.1 Å². The predicted octanol–water partition coefficient (Wildman–Crippen LogP) is 5.22. The molecule has 166 valence electrons. The number of carbonyl (C=O) groups excluding carboxylic acids is 1. The van der Waals surface area contributed by atoms with E-state index in [9.17, 15) is 4.79 Å². The minimum Gasteiger partial charge on any atom is -0.489 e. The molecule has 9 heteroatoms. The summed E-state index contributed by atoms with van der Waals surface area (Å²) in [6, 6.07) is 7.26. The van der Waals surface area contributed by atoms with Crippen molar-refractivity contribution in [3.05, 3.63) is 47.2 Å². The van der Waals surface area contributed by atoms with Gasteiger partial charge < -0.3 is 19.0 Å². The van der Waals surface area contributed by atoms with Crippen LogP contribution in [-0.4, -0.2) is 38.8 Å². The Morgan fingerprint density at radius 2 is 2.12 bits per heavy atom. The molecule has 0 aliphatic heterocycles. The Hall–Kier alpha value is -3.39. The van der Waals surface area contributed by atoms with Crippen LogP contribution in [0.15, 0.2) is 41.2 Å². The van der Waals surface area contributed by atoms with Crippen LogP contribution in [-0.2, 0) is 16.0 Å². The third-order valence-electron chi connectivity index (χ3n) is 4.76. The highest BCUT2D eigenvalue weighted by Crippen LogP contribution is 2.32. The van der Waals surface area contributed by atoms with Gasteiger partial charge in [0.1, 0.15) is 11.4 Å². The van der Waals surface area contributed by atoms with Crippen molar-refractivity contribution in [2.45, 2.75) is 39.7 Å². The first-order valence-corrected chi connectivity index (χ1v) is 10.7. The van der Waals surface area contributed by atoms with Gasteiger partial charge >= 0.3 is 5.97 Å². The third kappa shape index (κ3) is 4.60. The normalized spacial score (nSPS) is 11.3. The number of esters is 1. The molecule has 0 aliphatic carbocycles. The summed E-state index contributed by atoms with van der Waals surface area (Å²) in [6.07, 6.45) is 4.39. The Labute approximate surface area is 189 Å². The van der Waals surface area contributed by atoms with Gasteiger partial charge in [0.15, 0.2) is 0 Å². The number of aromatic amines is 1. The molecule has 0 fully saturated rings. The number of fused-ring (bicyclic) bond motifs is 1. The minimum atomic E-state index is -0.230. The lowest BCUT2D eigenvalue weighted by molar-refractivity contribution is -0.143. The summed E-state index contributed by atoms with van der Waals surface area (Å²) >= 11 is 6.33. The molecule has 0 saturated heterocycles. The van der Waals surface area contributed by atoms with Gasteiger partial charge in [-0.3, -0.25) is 9.78 Å². The summed E-state index contributed by atoms with van der Waals surface area (Å²) in [5, 5.41) is 5.52. The SMILES string of the molecule is CCOC(=O)CCc1cnc(-c2noc(-c3ccc(OC(C)C)c(Cl)c3)n2)c2[nH]ccc12. The second-order valence-corrected chi connectivity index (χ2v) is 7.85. The summed E-state index contributed by atoms with van der Waals surface area (Å²) in [7, 11) is 0. The molecular weight excluding hydrogens is 432 g/mol. The third-order valence-corrected chi connectivity index (χ3v) is 5.06. The van der Waals surface area contributed by atoms with E-state index < -0.39 is 0 Å². The average Bonchev–Trinajstić information content (AvgIpc) is 3.43. The second kappa shape index (κ2) is 9.40. The molecule has 0 saturated carbocycles. The zero-order valence-corrected chi connectivity index (χ0v) is 18.8. The number of halogens is 1. The molecule has 3 aromatic heterocycles. The summed E-state index contributed by atoms with van der Waals surface area (Å²) in [5.41, 5.74) is 2.95. The van der Waals surface area contributed by atoms with Crippen molar-refractivity contribution in [3.63, 3.8) is 0 Å². The van der Waals surface area contributed by atoms with Crippen LogP contribution in [0.2, 0.25) is 5.02 Å². The van der Waals surface area contributed by atoms with E-state index in [1.807, 2.05) is 32.2 Å². The van der Waals surface area contributed by atoms with Crippen LogP contribution >= 0.6 is 11.6 Å². The first kappa shape index (κ1) is 21.8. The number of benzene rings is 1. The van der Waals surface area contributed by atoms with E-state index >= 15 is 0 Å². The fourth-order valence-corrected chi connectivity index (χ4v) is 3.59. The molecule has 0 bridgehead atoms. The number of hydrogen-bond donors (Lipinski definition) is 1. The predicted molar refractivity (Wildman–Crippen MR) is 121 cm³/mol. The van der Waals surface area contributed by atoms with Crippen molar-refractivity contribution in [2.75, 3.05) is 6.61 Å². The number of H-pyrrole nitrogens is 1. The molecule has 0 spiro atoms. The number of carbonyl (C=O) groups is 1. The standard InChI is InChI=1S/C23H23ClN4O4/c1-4-30-19(29)8-6-15-12-26-21(20-16(15)9-10-25-20)22-27-23(32-28-22)14-5-7-18(17(24)11-14)31-13(2)3/h5,7,9-13,25H,4,6,8H2,1-3H3. The largest absolute Gasteiger partial charge is 0.489 e. The molecule has 0 aliphatic rings. The maximum absolute atomic E-state index is 11.7. The molecular formula is C23H23ClN4O4. The fraction of sp³-hybridized carbons (Fsp3) is 0.304. The van der Waals surface area contributed by atoms with Gasteiger partial charge in [0.05, 0.1) is 23.3 Å². The van der Waals surface area contributed by atoms with Gasteiger partial charge in [-0.05, 0) is 57.0 Å². The number of ether oxygens (including phenoxy) is 2. The lowest BCUT2D eigenvalue weighted by Gasteiger charge is -2.11. The van der Waals surface area contributed by atoms with Crippen molar-refractivity contribution < 1.29 is 18.8 Å². The quantitative estimate of drug-likeness (QED) is 0.364. The number of hydrogen-bond acceptors (Lipinski definition) is 7. The molecule has 1 N–H and O–H groups in total. The van der Waals surface area contributed by atoms with Crippen LogP contribution in [0.25, 0.3) is 33.9 Å². The fourth-order valence-electron chi connectivity index (χ4n) is 3.37. The van der Waals surface area contributed by atoms with E-state index in [1.165, 1.54) is 0 Å². The van der Waals surface area contributed by atoms with Crippen molar-refractivity contribution in [1.29, 1.82) is 0 Å². The summed E-state index contributed by atoms with van der Waals surface area (Å²) in [5.74, 6) is 1.04. The van der Waals surface area contributed by atoms with Gasteiger partial charge in [-0.15, -0.1) is 0 Å². The van der Waals surface area contributed by atoms with E-state index in [4.69, 9.17) is 25.6 Å². The first-order chi connectivity index (χ1) is 15.5. The van der Waals surface area contributed by atoms with E-state index in [0.29, 0.717) is 53.2 Å². The van der Waals surface area contributed by atoms with E-state index in [0.717, 1.165) is 16.5 Å². The summed E-state index contributed by atoms with van der Waals surface area (Å²) in [6.45, 7) is 6.03. The molecule has 3 heterocycles. The minimum absolute atomic E-state index is 0.0166. The molecule has 0 amide bonds. The Morgan fingerprint density at radius 3 is 2.88 bits per heavy atom. The van der Waals surface area contributed by atoms with E-state index in [-0.39, 0.29) is 12.1 Å². The van der Waals surface area contributed by atoms with Crippen LogP contribution in [0.3, 0.4) is 0 Å². The highest BCUT2D eigenvalue weighted by Gasteiger charge is 2.18. The van der Waals surface area contributed by atoms with Crippen LogP contribution in [0.1, 0.15) is 32.8 Å². The molecule has 0 unspecified atom stereocenters. The Kier molecular flexibility index (Phi) is 6.41. The lowest BCUT2D eigenvalue weighted by atomic mass is 10.1. The van der Waals surface area contributed by atoms with Gasteiger partial charge in [-0.2, -0.15) is 4.98 Å². The van der Waals surface area contributed by atoms with Gasteiger partial charge in [0, 0.05) is 29.8 Å². The molecule has 8 nitrogen and oxygen atoms in total. The van der Waals surface area contributed by atoms with Crippen LogP contribution < -0.4 is 4.74 Å². The Balaban J connectivity index is 1.60. The maximum Gasteiger partial charge on any atom is 0.306 e. The maximum atomic E-state index is 11.7. The molecule has 32 heavy (non-hydrogen) atoms. The van der Waals surface area contributed by atoms with Gasteiger partial charge in [-0.25, -0.2) is 0 Å². The lowest BCUT2D eigenvalue weighted by Crippen LogP contribution is -2.05. The number of aromatic nitrogens is 4. The van der Waals surface area contributed by atoms with Crippen LogP contribution in [0, 0.1) is 0 Å². The average molecular weight is 455 g/mol. The van der Waals surface area contributed by atoms with E-state index in [1.54, 1.807) is 25.3 Å². The molecule has 1 aromatic carbocycles. The zero-order valence-electron chi connectivity index (χ0n) is 18.0. The molecule has 4 aromatic rings. The summed E-state index contributed by atoms with van der Waals surface area (Å²) in [4.78, 5) is 23.9. The van der Waals surface area contributed by atoms with Crippen LogP contribution in [0.5, 0.6) is 5.75 Å². The zero-order chi connectivity index (χ0) is 22.7. The highest BCUT2D eigenvalue weighted by atomic mass is 35.5. The van der Waals surface area contributed by atoms with Crippen molar-refractivity contribution in [3.8, 4) is 28.7 Å². The van der Waals surface area contributed by atoms with Crippen molar-refractivity contribution >= 4 is 28.5 Å². The smallest absolute Gasteiger partial charge is 0.306 e. The van der Waals surface area contributed by atoms with Crippen LogP contribution in [0.4, 0.5) is 0 Å². The van der Waals surface area contributed by atoms with Gasteiger partial charge in [0.2, 0.25) is 5.82 Å². The number of rotatable bonds is 8. The number of nitrogens with one attached hydrogen (secondary N) is 1. The molecule has 0 radical (unpaired) electrons. The number of aryl methyl sites for hydroxylation is 1. The first-order valence-electron chi connectivity index (χ1n) is 10.4. The van der Waals surface area contributed by atoms with Gasteiger partial charge in [-0.1, -0.05) is 16.8 Å². The molecule has 0 atom stereocenters. The topological polar surface area (TPSA) is 103 Å². The Bertz CT molecular complexity index is 1250.